The van der Waals surface area contributed by atoms with Crippen molar-refractivity contribution >= 4 is 11.3 Å². The zero-order valence-corrected chi connectivity index (χ0v) is 13.6. The van der Waals surface area contributed by atoms with E-state index in [4.69, 9.17) is 0 Å². The number of nitrogens with zero attached hydrogens (tertiary/aromatic N) is 2. The summed E-state index contributed by atoms with van der Waals surface area (Å²) in [6.07, 6.45) is 8.56. The van der Waals surface area contributed by atoms with Gasteiger partial charge in [0, 0.05) is 30.2 Å². The molecule has 1 saturated carbocycles. The second-order valence-electron chi connectivity index (χ2n) is 5.96. The van der Waals surface area contributed by atoms with E-state index in [0.29, 0.717) is 6.04 Å². The summed E-state index contributed by atoms with van der Waals surface area (Å²) in [6, 6.07) is 7.11. The van der Waals surface area contributed by atoms with Gasteiger partial charge in [-0.2, -0.15) is 5.10 Å². The summed E-state index contributed by atoms with van der Waals surface area (Å²) >= 11 is 1.88. The molecule has 1 unspecified atom stereocenters. The molecule has 114 valence electrons. The summed E-state index contributed by atoms with van der Waals surface area (Å²) in [5, 5.41) is 10.4. The predicted molar refractivity (Wildman–Crippen MR) is 88.4 cm³/mol. The Hall–Kier alpha value is -1.13. The average molecular weight is 303 g/mol. The Morgan fingerprint density at radius 1 is 1.38 bits per heavy atom. The van der Waals surface area contributed by atoms with Crippen molar-refractivity contribution in [2.45, 2.75) is 58.2 Å². The van der Waals surface area contributed by atoms with Crippen molar-refractivity contribution in [3.8, 4) is 0 Å². The van der Waals surface area contributed by atoms with Crippen LogP contribution in [0.2, 0.25) is 0 Å². The number of hydrogen-bond acceptors (Lipinski definition) is 3. The van der Waals surface area contributed by atoms with Crippen LogP contribution in [-0.2, 0) is 13.1 Å². The molecule has 1 fully saturated rings. The van der Waals surface area contributed by atoms with Gasteiger partial charge < -0.3 is 5.32 Å². The molecule has 1 aliphatic rings. The van der Waals surface area contributed by atoms with Crippen LogP contribution >= 0.6 is 11.3 Å². The molecule has 2 aromatic heterocycles. The van der Waals surface area contributed by atoms with E-state index in [1.54, 1.807) is 0 Å². The first-order valence-electron chi connectivity index (χ1n) is 8.16. The van der Waals surface area contributed by atoms with Crippen molar-refractivity contribution in [1.29, 1.82) is 0 Å². The quantitative estimate of drug-likeness (QED) is 0.823. The molecule has 3 rings (SSSR count). The number of aryl methyl sites for hydroxylation is 1. The fourth-order valence-electron chi connectivity index (χ4n) is 3.40. The lowest BCUT2D eigenvalue weighted by Gasteiger charge is -2.24. The van der Waals surface area contributed by atoms with E-state index in [2.05, 4.69) is 45.6 Å². The largest absolute Gasteiger partial charge is 0.303 e. The lowest BCUT2D eigenvalue weighted by atomic mass is 9.96. The molecule has 0 aromatic carbocycles. The molecule has 1 N–H and O–H groups in total. The molecule has 21 heavy (non-hydrogen) atoms. The standard InChI is InChI=1S/C17H25N3S/c1-2-11-20-15(9-10-19-20)13-18-17(14-6-3-4-7-14)16-8-5-12-21-16/h5,8-10,12,14,17-18H,2-4,6-7,11,13H2,1H3. The smallest absolute Gasteiger partial charge is 0.0522 e. The number of nitrogens with one attached hydrogen (secondary N) is 1. The minimum absolute atomic E-state index is 0.512. The summed E-state index contributed by atoms with van der Waals surface area (Å²) in [5.41, 5.74) is 1.30. The second-order valence-corrected chi connectivity index (χ2v) is 6.94. The molecule has 1 atom stereocenters. The molecule has 2 aromatic rings. The Labute approximate surface area is 131 Å². The van der Waals surface area contributed by atoms with Crippen molar-refractivity contribution < 1.29 is 0 Å². The summed E-state index contributed by atoms with van der Waals surface area (Å²) in [7, 11) is 0. The summed E-state index contributed by atoms with van der Waals surface area (Å²) in [4.78, 5) is 1.49. The Bertz CT molecular complexity index is 526. The van der Waals surface area contributed by atoms with Gasteiger partial charge in [-0.1, -0.05) is 25.8 Å². The van der Waals surface area contributed by atoms with E-state index in [1.807, 2.05) is 17.5 Å². The number of aromatic nitrogens is 2. The number of hydrogen-bond donors (Lipinski definition) is 1. The van der Waals surface area contributed by atoms with Crippen molar-refractivity contribution in [3.63, 3.8) is 0 Å². The first kappa shape index (κ1) is 14.8. The van der Waals surface area contributed by atoms with Crippen molar-refractivity contribution in [3.05, 3.63) is 40.3 Å². The highest BCUT2D eigenvalue weighted by Gasteiger charge is 2.26. The molecule has 0 spiro atoms. The molecule has 0 saturated heterocycles. The number of rotatable bonds is 7. The van der Waals surface area contributed by atoms with Crippen LogP contribution in [-0.4, -0.2) is 9.78 Å². The Morgan fingerprint density at radius 3 is 2.95 bits per heavy atom. The number of thiophene rings is 1. The van der Waals surface area contributed by atoms with Gasteiger partial charge in [-0.15, -0.1) is 11.3 Å². The lowest BCUT2D eigenvalue weighted by molar-refractivity contribution is 0.365. The van der Waals surface area contributed by atoms with Gasteiger partial charge in [0.25, 0.3) is 0 Å². The average Bonchev–Trinajstić information content (AvgIpc) is 3.22. The van der Waals surface area contributed by atoms with Crippen LogP contribution in [0, 0.1) is 5.92 Å². The Morgan fingerprint density at radius 2 is 2.24 bits per heavy atom. The maximum Gasteiger partial charge on any atom is 0.0522 e. The summed E-state index contributed by atoms with van der Waals surface area (Å²) in [6.45, 7) is 4.13. The maximum absolute atomic E-state index is 4.42. The van der Waals surface area contributed by atoms with E-state index >= 15 is 0 Å². The molecule has 0 bridgehead atoms. The topological polar surface area (TPSA) is 29.9 Å². The summed E-state index contributed by atoms with van der Waals surface area (Å²) in [5.74, 6) is 0.797. The van der Waals surface area contributed by atoms with Crippen LogP contribution in [0.15, 0.2) is 29.8 Å². The van der Waals surface area contributed by atoms with Crippen LogP contribution in [0.4, 0.5) is 0 Å². The van der Waals surface area contributed by atoms with E-state index in [-0.39, 0.29) is 0 Å². The lowest BCUT2D eigenvalue weighted by Crippen LogP contribution is -2.27. The predicted octanol–water partition coefficient (Wildman–Crippen LogP) is 4.38. The van der Waals surface area contributed by atoms with Gasteiger partial charge in [0.1, 0.15) is 0 Å². The SMILES string of the molecule is CCCn1nccc1CNC(c1cccs1)C1CCCC1. The first-order valence-corrected chi connectivity index (χ1v) is 9.04. The Balaban J connectivity index is 1.68. The molecule has 2 heterocycles. The van der Waals surface area contributed by atoms with E-state index in [1.165, 1.54) is 36.3 Å². The van der Waals surface area contributed by atoms with Gasteiger partial charge in [-0.3, -0.25) is 4.68 Å². The van der Waals surface area contributed by atoms with Gasteiger partial charge >= 0.3 is 0 Å². The molecule has 4 heteroatoms. The molecular formula is C17H25N3S. The van der Waals surface area contributed by atoms with Crippen LogP contribution in [0.5, 0.6) is 0 Å². The maximum atomic E-state index is 4.42. The highest BCUT2D eigenvalue weighted by molar-refractivity contribution is 7.10. The first-order chi connectivity index (χ1) is 10.4. The molecular weight excluding hydrogens is 278 g/mol. The van der Waals surface area contributed by atoms with Gasteiger partial charge in [0.05, 0.1) is 5.69 Å². The third-order valence-corrected chi connectivity index (χ3v) is 5.42. The fraction of sp³-hybridized carbons (Fsp3) is 0.588. The van der Waals surface area contributed by atoms with Crippen LogP contribution in [0.3, 0.4) is 0 Å². The molecule has 3 nitrogen and oxygen atoms in total. The highest BCUT2D eigenvalue weighted by atomic mass is 32.1. The van der Waals surface area contributed by atoms with E-state index < -0.39 is 0 Å². The van der Waals surface area contributed by atoms with Crippen molar-refractivity contribution in [2.75, 3.05) is 0 Å². The molecule has 0 aliphatic heterocycles. The van der Waals surface area contributed by atoms with Crippen LogP contribution in [0.25, 0.3) is 0 Å². The minimum Gasteiger partial charge on any atom is -0.303 e. The van der Waals surface area contributed by atoms with Crippen LogP contribution in [0.1, 0.15) is 55.6 Å². The molecule has 0 radical (unpaired) electrons. The van der Waals surface area contributed by atoms with E-state index in [9.17, 15) is 0 Å². The fourth-order valence-corrected chi connectivity index (χ4v) is 4.29. The minimum atomic E-state index is 0.512. The molecule has 0 amide bonds. The van der Waals surface area contributed by atoms with Crippen molar-refractivity contribution in [1.82, 2.24) is 15.1 Å². The normalized spacial score (nSPS) is 17.4. The molecule has 1 aliphatic carbocycles. The monoisotopic (exact) mass is 303 g/mol. The Kier molecular flexibility index (Phi) is 5.09. The van der Waals surface area contributed by atoms with Gasteiger partial charge in [0.15, 0.2) is 0 Å². The van der Waals surface area contributed by atoms with Gasteiger partial charge in [0.2, 0.25) is 0 Å². The van der Waals surface area contributed by atoms with Crippen molar-refractivity contribution in [2.24, 2.45) is 5.92 Å². The summed E-state index contributed by atoms with van der Waals surface area (Å²) < 4.78 is 2.13. The van der Waals surface area contributed by atoms with E-state index in [0.717, 1.165) is 25.4 Å². The highest BCUT2D eigenvalue weighted by Crippen LogP contribution is 2.37. The zero-order valence-electron chi connectivity index (χ0n) is 12.8. The third-order valence-electron chi connectivity index (χ3n) is 4.46. The zero-order chi connectivity index (χ0) is 14.5. The third kappa shape index (κ3) is 3.55. The van der Waals surface area contributed by atoms with Crippen LogP contribution < -0.4 is 5.32 Å². The van der Waals surface area contributed by atoms with Gasteiger partial charge in [-0.25, -0.2) is 0 Å². The van der Waals surface area contributed by atoms with Gasteiger partial charge in [-0.05, 0) is 42.7 Å². The second kappa shape index (κ2) is 7.23.